The smallest absolute Gasteiger partial charge is 0.292 e. The SMILES string of the molecule is COc1ccc(Nc2nc(=O)c(C#N)cn2Cc2cc(F)c(F)c(F)c2)c(C)c1. The van der Waals surface area contributed by atoms with Gasteiger partial charge in [0.05, 0.1) is 13.7 Å². The van der Waals surface area contributed by atoms with Crippen molar-refractivity contribution in [1.82, 2.24) is 9.55 Å². The highest BCUT2D eigenvalue weighted by Gasteiger charge is 2.14. The van der Waals surface area contributed by atoms with Crippen molar-refractivity contribution in [3.8, 4) is 11.8 Å². The zero-order chi connectivity index (χ0) is 21.1. The zero-order valence-electron chi connectivity index (χ0n) is 15.5. The summed E-state index contributed by atoms with van der Waals surface area (Å²) in [5, 5.41) is 12.1. The summed E-state index contributed by atoms with van der Waals surface area (Å²) in [4.78, 5) is 15.9. The van der Waals surface area contributed by atoms with Crippen molar-refractivity contribution >= 4 is 11.6 Å². The molecule has 3 aromatic rings. The summed E-state index contributed by atoms with van der Waals surface area (Å²) < 4.78 is 46.8. The Kier molecular flexibility index (Phi) is 5.54. The molecule has 29 heavy (non-hydrogen) atoms. The van der Waals surface area contributed by atoms with Gasteiger partial charge in [0.1, 0.15) is 17.4 Å². The lowest BCUT2D eigenvalue weighted by Gasteiger charge is -2.16. The van der Waals surface area contributed by atoms with E-state index in [4.69, 9.17) is 10.00 Å². The maximum absolute atomic E-state index is 13.6. The Balaban J connectivity index is 2.04. The molecule has 0 aliphatic heterocycles. The number of nitrogens with one attached hydrogen (secondary N) is 1. The minimum absolute atomic E-state index is 0.0485. The van der Waals surface area contributed by atoms with E-state index >= 15 is 0 Å². The van der Waals surface area contributed by atoms with Crippen molar-refractivity contribution in [3.05, 3.63) is 81.0 Å². The van der Waals surface area contributed by atoms with Gasteiger partial charge in [-0.3, -0.25) is 4.79 Å². The predicted octanol–water partition coefficient (Wildman–Crippen LogP) is 3.64. The minimum Gasteiger partial charge on any atom is -0.497 e. The molecule has 0 saturated heterocycles. The molecule has 3 rings (SSSR count). The molecule has 0 radical (unpaired) electrons. The molecule has 0 aliphatic rings. The molecular formula is C20H15F3N4O2. The summed E-state index contributed by atoms with van der Waals surface area (Å²) >= 11 is 0. The van der Waals surface area contributed by atoms with Gasteiger partial charge >= 0.3 is 0 Å². The van der Waals surface area contributed by atoms with E-state index in [0.29, 0.717) is 11.4 Å². The Labute approximate surface area is 163 Å². The third-order valence-electron chi connectivity index (χ3n) is 4.19. The van der Waals surface area contributed by atoms with E-state index in [1.165, 1.54) is 17.9 Å². The molecule has 0 amide bonds. The van der Waals surface area contributed by atoms with Crippen LogP contribution in [-0.2, 0) is 6.54 Å². The zero-order valence-corrected chi connectivity index (χ0v) is 15.5. The first-order valence-corrected chi connectivity index (χ1v) is 8.39. The maximum atomic E-state index is 13.6. The van der Waals surface area contributed by atoms with Crippen molar-refractivity contribution in [2.45, 2.75) is 13.5 Å². The summed E-state index contributed by atoms with van der Waals surface area (Å²) in [5.74, 6) is -3.57. The van der Waals surface area contributed by atoms with Gasteiger partial charge in [-0.1, -0.05) is 0 Å². The van der Waals surface area contributed by atoms with Crippen LogP contribution < -0.4 is 15.6 Å². The molecule has 148 valence electrons. The second-order valence-electron chi connectivity index (χ2n) is 6.20. The molecule has 0 bridgehead atoms. The number of benzene rings is 2. The maximum Gasteiger partial charge on any atom is 0.292 e. The highest BCUT2D eigenvalue weighted by molar-refractivity contribution is 5.60. The minimum atomic E-state index is -1.57. The number of nitriles is 1. The Morgan fingerprint density at radius 3 is 2.48 bits per heavy atom. The lowest BCUT2D eigenvalue weighted by atomic mass is 10.2. The fourth-order valence-electron chi connectivity index (χ4n) is 2.71. The van der Waals surface area contributed by atoms with Gasteiger partial charge in [0.2, 0.25) is 5.95 Å². The van der Waals surface area contributed by atoms with Crippen molar-refractivity contribution in [2.24, 2.45) is 0 Å². The first-order chi connectivity index (χ1) is 13.8. The Morgan fingerprint density at radius 2 is 1.90 bits per heavy atom. The standard InChI is InChI=1S/C20H15F3N4O2/c1-11-5-14(29-2)3-4-17(11)25-20-26-19(28)13(8-24)10-27(20)9-12-6-15(21)18(23)16(22)7-12/h3-7,10H,9H2,1-2H3,(H,25,26,28). The van der Waals surface area contributed by atoms with E-state index in [1.54, 1.807) is 24.3 Å². The van der Waals surface area contributed by atoms with Crippen LogP contribution in [0.2, 0.25) is 0 Å². The molecular weight excluding hydrogens is 385 g/mol. The van der Waals surface area contributed by atoms with Crippen molar-refractivity contribution < 1.29 is 17.9 Å². The van der Waals surface area contributed by atoms with E-state index in [9.17, 15) is 18.0 Å². The number of ether oxygens (including phenoxy) is 1. The van der Waals surface area contributed by atoms with Gasteiger partial charge in [0, 0.05) is 11.9 Å². The molecule has 0 atom stereocenters. The monoisotopic (exact) mass is 400 g/mol. The van der Waals surface area contributed by atoms with Crippen molar-refractivity contribution in [1.29, 1.82) is 5.26 Å². The lowest BCUT2D eigenvalue weighted by molar-refractivity contribution is 0.414. The summed E-state index contributed by atoms with van der Waals surface area (Å²) in [6.45, 7) is 1.65. The third-order valence-corrected chi connectivity index (χ3v) is 4.19. The molecule has 6 nitrogen and oxygen atoms in total. The van der Waals surface area contributed by atoms with Gasteiger partial charge in [-0.25, -0.2) is 13.2 Å². The van der Waals surface area contributed by atoms with E-state index in [1.807, 2.05) is 6.92 Å². The molecule has 0 fully saturated rings. The van der Waals surface area contributed by atoms with E-state index < -0.39 is 23.0 Å². The second kappa shape index (κ2) is 8.06. The molecule has 9 heteroatoms. The largest absolute Gasteiger partial charge is 0.497 e. The number of methoxy groups -OCH3 is 1. The third kappa shape index (κ3) is 4.21. The van der Waals surface area contributed by atoms with Crippen molar-refractivity contribution in [2.75, 3.05) is 12.4 Å². The highest BCUT2D eigenvalue weighted by atomic mass is 19.2. The first-order valence-electron chi connectivity index (χ1n) is 8.39. The number of anilines is 2. The first kappa shape index (κ1) is 19.9. The summed E-state index contributed by atoms with van der Waals surface area (Å²) in [7, 11) is 1.53. The Bertz CT molecular complexity index is 1160. The Hall–Kier alpha value is -3.80. The summed E-state index contributed by atoms with van der Waals surface area (Å²) in [6.07, 6.45) is 1.22. The fraction of sp³-hybridized carbons (Fsp3) is 0.150. The van der Waals surface area contributed by atoms with Crippen LogP contribution in [0.4, 0.5) is 24.8 Å². The van der Waals surface area contributed by atoms with E-state index in [2.05, 4.69) is 10.3 Å². The van der Waals surface area contributed by atoms with E-state index in [0.717, 1.165) is 17.7 Å². The number of halogens is 3. The van der Waals surface area contributed by atoms with Crippen LogP contribution in [0.1, 0.15) is 16.7 Å². The molecule has 1 heterocycles. The number of hydrogen-bond acceptors (Lipinski definition) is 5. The number of aromatic nitrogens is 2. The molecule has 0 spiro atoms. The number of rotatable bonds is 5. The molecule has 2 aromatic carbocycles. The summed E-state index contributed by atoms with van der Waals surface area (Å²) in [5.41, 5.74) is 0.477. The molecule has 0 unspecified atom stereocenters. The lowest BCUT2D eigenvalue weighted by Crippen LogP contribution is -2.20. The average Bonchev–Trinajstić information content (AvgIpc) is 2.69. The van der Waals surface area contributed by atoms with Gasteiger partial charge < -0.3 is 14.6 Å². The number of aryl methyl sites for hydroxylation is 1. The van der Waals surface area contributed by atoms with Crippen LogP contribution in [0, 0.1) is 35.7 Å². The molecule has 0 saturated carbocycles. The topological polar surface area (TPSA) is 79.9 Å². The van der Waals surface area contributed by atoms with Crippen LogP contribution in [-0.4, -0.2) is 16.7 Å². The van der Waals surface area contributed by atoms with Crippen LogP contribution in [0.25, 0.3) is 0 Å². The number of nitrogens with zero attached hydrogens (tertiary/aromatic N) is 3. The van der Waals surface area contributed by atoms with Gasteiger partial charge in [0.25, 0.3) is 5.56 Å². The highest BCUT2D eigenvalue weighted by Crippen LogP contribution is 2.24. The van der Waals surface area contributed by atoms with Gasteiger partial charge in [-0.2, -0.15) is 10.2 Å². The quantitative estimate of drug-likeness (QED) is 0.662. The molecule has 0 aliphatic carbocycles. The predicted molar refractivity (Wildman–Crippen MR) is 99.6 cm³/mol. The Morgan fingerprint density at radius 1 is 1.21 bits per heavy atom. The van der Waals surface area contributed by atoms with Gasteiger partial charge in [0.15, 0.2) is 17.5 Å². The van der Waals surface area contributed by atoms with E-state index in [-0.39, 0.29) is 23.6 Å². The van der Waals surface area contributed by atoms with Gasteiger partial charge in [-0.15, -0.1) is 0 Å². The molecule has 1 aromatic heterocycles. The fourth-order valence-corrected chi connectivity index (χ4v) is 2.71. The van der Waals surface area contributed by atoms with Crippen molar-refractivity contribution in [3.63, 3.8) is 0 Å². The second-order valence-corrected chi connectivity index (χ2v) is 6.20. The summed E-state index contributed by atoms with van der Waals surface area (Å²) in [6, 6.07) is 8.57. The number of hydrogen-bond donors (Lipinski definition) is 1. The molecule has 1 N–H and O–H groups in total. The van der Waals surface area contributed by atoms with Crippen LogP contribution in [0.3, 0.4) is 0 Å². The normalized spacial score (nSPS) is 10.5. The van der Waals surface area contributed by atoms with Crippen LogP contribution in [0.15, 0.2) is 41.3 Å². The van der Waals surface area contributed by atoms with Gasteiger partial charge in [-0.05, 0) is 48.4 Å². The van der Waals surface area contributed by atoms with Crippen LogP contribution in [0.5, 0.6) is 5.75 Å². The average molecular weight is 400 g/mol. The van der Waals surface area contributed by atoms with Crippen LogP contribution >= 0.6 is 0 Å².